The van der Waals surface area contributed by atoms with Gasteiger partial charge < -0.3 is 10.1 Å². The second kappa shape index (κ2) is 5.79. The zero-order valence-corrected chi connectivity index (χ0v) is 10.7. The van der Waals surface area contributed by atoms with Gasteiger partial charge in [-0.1, -0.05) is 0 Å². The number of hydrogen-bond acceptors (Lipinski definition) is 4. The van der Waals surface area contributed by atoms with E-state index in [1.165, 1.54) is 12.1 Å². The van der Waals surface area contributed by atoms with Gasteiger partial charge in [0.05, 0.1) is 4.92 Å². The van der Waals surface area contributed by atoms with E-state index in [1.807, 2.05) is 0 Å². The largest absolute Gasteiger partial charge is 0.381 e. The molecular weight excluding hydrogens is 248 g/mol. The summed E-state index contributed by atoms with van der Waals surface area (Å²) in [6, 6.07) is 4.53. The summed E-state index contributed by atoms with van der Waals surface area (Å²) in [5, 5.41) is 13.6. The van der Waals surface area contributed by atoms with Crippen LogP contribution in [-0.2, 0) is 4.74 Å². The molecule has 6 nitrogen and oxygen atoms in total. The molecule has 0 saturated carbocycles. The van der Waals surface area contributed by atoms with Crippen LogP contribution in [0.4, 0.5) is 5.69 Å². The van der Waals surface area contributed by atoms with E-state index in [0.717, 1.165) is 12.8 Å². The normalized spacial score (nSPS) is 16.1. The molecule has 1 amide bonds. The van der Waals surface area contributed by atoms with Gasteiger partial charge in [0.2, 0.25) is 0 Å². The Balaban J connectivity index is 2.06. The standard InChI is InChI=1S/C13H16N2O4/c1-9-8-10(2-3-12(9)15(17)18)13(16)14-11-4-6-19-7-5-11/h2-3,8,11H,4-7H2,1H3,(H,14,16). The van der Waals surface area contributed by atoms with Gasteiger partial charge in [-0.2, -0.15) is 0 Å². The molecule has 0 unspecified atom stereocenters. The van der Waals surface area contributed by atoms with Crippen LogP contribution in [0.1, 0.15) is 28.8 Å². The predicted octanol–water partition coefficient (Wildman–Crippen LogP) is 1.81. The van der Waals surface area contributed by atoms with Gasteiger partial charge in [0.15, 0.2) is 0 Å². The number of hydrogen-bond donors (Lipinski definition) is 1. The van der Waals surface area contributed by atoms with Crippen LogP contribution >= 0.6 is 0 Å². The molecule has 1 aromatic rings. The molecule has 1 aliphatic heterocycles. The van der Waals surface area contributed by atoms with Crippen LogP contribution < -0.4 is 5.32 Å². The zero-order valence-electron chi connectivity index (χ0n) is 10.7. The third kappa shape index (κ3) is 3.29. The van der Waals surface area contributed by atoms with Gasteiger partial charge in [-0.25, -0.2) is 0 Å². The molecule has 1 aromatic carbocycles. The van der Waals surface area contributed by atoms with Gasteiger partial charge in [0, 0.05) is 36.4 Å². The molecule has 1 heterocycles. The number of carbonyl (C=O) groups is 1. The Morgan fingerprint density at radius 1 is 1.42 bits per heavy atom. The van der Waals surface area contributed by atoms with Crippen molar-refractivity contribution < 1.29 is 14.5 Å². The van der Waals surface area contributed by atoms with Gasteiger partial charge in [-0.05, 0) is 31.9 Å². The van der Waals surface area contributed by atoms with Gasteiger partial charge in [-0.3, -0.25) is 14.9 Å². The lowest BCUT2D eigenvalue weighted by molar-refractivity contribution is -0.385. The molecule has 1 fully saturated rings. The molecule has 0 atom stereocenters. The lowest BCUT2D eigenvalue weighted by Crippen LogP contribution is -2.38. The van der Waals surface area contributed by atoms with Crippen molar-refractivity contribution in [3.8, 4) is 0 Å². The fourth-order valence-corrected chi connectivity index (χ4v) is 2.11. The van der Waals surface area contributed by atoms with Crippen LogP contribution in [0.2, 0.25) is 0 Å². The molecule has 0 aliphatic carbocycles. The van der Waals surface area contributed by atoms with Crippen molar-refractivity contribution in [2.75, 3.05) is 13.2 Å². The quantitative estimate of drug-likeness (QED) is 0.666. The van der Waals surface area contributed by atoms with Gasteiger partial charge >= 0.3 is 0 Å². The lowest BCUT2D eigenvalue weighted by atomic mass is 10.1. The Morgan fingerprint density at radius 3 is 2.68 bits per heavy atom. The minimum atomic E-state index is -0.449. The van der Waals surface area contributed by atoms with Crippen LogP contribution in [0.3, 0.4) is 0 Å². The number of nitro benzene ring substituents is 1. The molecule has 0 spiro atoms. The highest BCUT2D eigenvalue weighted by atomic mass is 16.6. The van der Waals surface area contributed by atoms with Crippen LogP contribution in [0, 0.1) is 17.0 Å². The smallest absolute Gasteiger partial charge is 0.272 e. The number of nitro groups is 1. The maximum absolute atomic E-state index is 12.0. The molecule has 2 rings (SSSR count). The maximum atomic E-state index is 12.0. The molecule has 1 N–H and O–H groups in total. The average molecular weight is 264 g/mol. The molecule has 0 radical (unpaired) electrons. The first-order valence-corrected chi connectivity index (χ1v) is 6.21. The van der Waals surface area contributed by atoms with E-state index in [-0.39, 0.29) is 17.6 Å². The van der Waals surface area contributed by atoms with E-state index in [2.05, 4.69) is 5.32 Å². The van der Waals surface area contributed by atoms with Crippen molar-refractivity contribution in [2.24, 2.45) is 0 Å². The van der Waals surface area contributed by atoms with Crippen molar-refractivity contribution in [1.29, 1.82) is 0 Å². The fraction of sp³-hybridized carbons (Fsp3) is 0.462. The molecule has 1 aliphatic rings. The summed E-state index contributed by atoms with van der Waals surface area (Å²) in [5.41, 5.74) is 0.974. The number of carbonyl (C=O) groups excluding carboxylic acids is 1. The average Bonchev–Trinajstić information content (AvgIpc) is 2.39. The second-order valence-electron chi connectivity index (χ2n) is 4.62. The summed E-state index contributed by atoms with van der Waals surface area (Å²) in [7, 11) is 0. The summed E-state index contributed by atoms with van der Waals surface area (Å²) in [5.74, 6) is -0.190. The van der Waals surface area contributed by atoms with E-state index in [9.17, 15) is 14.9 Å². The number of rotatable bonds is 3. The Labute approximate surface area is 110 Å². The van der Waals surface area contributed by atoms with E-state index in [1.54, 1.807) is 13.0 Å². The number of nitrogens with one attached hydrogen (secondary N) is 1. The van der Waals surface area contributed by atoms with E-state index in [4.69, 9.17) is 4.74 Å². The monoisotopic (exact) mass is 264 g/mol. The van der Waals surface area contributed by atoms with Crippen LogP contribution in [0.25, 0.3) is 0 Å². The van der Waals surface area contributed by atoms with Gasteiger partial charge in [-0.15, -0.1) is 0 Å². The molecule has 0 aromatic heterocycles. The molecular formula is C13H16N2O4. The number of aryl methyl sites for hydroxylation is 1. The summed E-state index contributed by atoms with van der Waals surface area (Å²) < 4.78 is 5.22. The summed E-state index contributed by atoms with van der Waals surface area (Å²) in [6.07, 6.45) is 1.61. The predicted molar refractivity (Wildman–Crippen MR) is 69.1 cm³/mol. The van der Waals surface area contributed by atoms with Crippen molar-refractivity contribution in [3.63, 3.8) is 0 Å². The van der Waals surface area contributed by atoms with E-state index < -0.39 is 4.92 Å². The first kappa shape index (κ1) is 13.5. The fourth-order valence-electron chi connectivity index (χ4n) is 2.11. The minimum absolute atomic E-state index is 0.0302. The maximum Gasteiger partial charge on any atom is 0.272 e. The molecule has 19 heavy (non-hydrogen) atoms. The second-order valence-corrected chi connectivity index (χ2v) is 4.62. The number of ether oxygens (including phenoxy) is 1. The SMILES string of the molecule is Cc1cc(C(=O)NC2CCOCC2)ccc1[N+](=O)[O-]. The Bertz CT molecular complexity index is 495. The van der Waals surface area contributed by atoms with E-state index in [0.29, 0.717) is 24.3 Å². The molecule has 0 bridgehead atoms. The Hall–Kier alpha value is -1.95. The summed E-state index contributed by atoms with van der Waals surface area (Å²) in [6.45, 7) is 2.94. The summed E-state index contributed by atoms with van der Waals surface area (Å²) in [4.78, 5) is 22.3. The number of nitrogens with zero attached hydrogens (tertiary/aromatic N) is 1. The van der Waals surface area contributed by atoms with Gasteiger partial charge in [0.1, 0.15) is 0 Å². The highest BCUT2D eigenvalue weighted by molar-refractivity contribution is 5.94. The summed E-state index contributed by atoms with van der Waals surface area (Å²) >= 11 is 0. The van der Waals surface area contributed by atoms with Crippen molar-refractivity contribution >= 4 is 11.6 Å². The molecule has 1 saturated heterocycles. The third-order valence-corrected chi connectivity index (χ3v) is 3.21. The van der Waals surface area contributed by atoms with Crippen molar-refractivity contribution in [3.05, 3.63) is 39.4 Å². The number of amides is 1. The first-order chi connectivity index (χ1) is 9.08. The highest BCUT2D eigenvalue weighted by Gasteiger charge is 2.18. The van der Waals surface area contributed by atoms with Crippen LogP contribution in [0.15, 0.2) is 18.2 Å². The van der Waals surface area contributed by atoms with Crippen LogP contribution in [0.5, 0.6) is 0 Å². The first-order valence-electron chi connectivity index (χ1n) is 6.21. The molecule has 6 heteroatoms. The molecule has 102 valence electrons. The number of benzene rings is 1. The lowest BCUT2D eigenvalue weighted by Gasteiger charge is -2.23. The third-order valence-electron chi connectivity index (χ3n) is 3.21. The van der Waals surface area contributed by atoms with E-state index >= 15 is 0 Å². The Morgan fingerprint density at radius 2 is 2.11 bits per heavy atom. The van der Waals surface area contributed by atoms with Gasteiger partial charge in [0.25, 0.3) is 11.6 Å². The highest BCUT2D eigenvalue weighted by Crippen LogP contribution is 2.19. The minimum Gasteiger partial charge on any atom is -0.381 e. The topological polar surface area (TPSA) is 81.5 Å². The van der Waals surface area contributed by atoms with Crippen molar-refractivity contribution in [2.45, 2.75) is 25.8 Å². The van der Waals surface area contributed by atoms with Crippen molar-refractivity contribution in [1.82, 2.24) is 5.32 Å². The van der Waals surface area contributed by atoms with Crippen LogP contribution in [-0.4, -0.2) is 30.1 Å². The Kier molecular flexibility index (Phi) is 4.11. The zero-order chi connectivity index (χ0) is 13.8.